The van der Waals surface area contributed by atoms with Crippen LogP contribution in [0, 0.1) is 0 Å². The van der Waals surface area contributed by atoms with E-state index in [9.17, 15) is 9.59 Å². The summed E-state index contributed by atoms with van der Waals surface area (Å²) < 4.78 is 0. The molecule has 2 bridgehead atoms. The van der Waals surface area contributed by atoms with Gasteiger partial charge in [-0.25, -0.2) is 0 Å². The second kappa shape index (κ2) is 6.09. The fourth-order valence-corrected chi connectivity index (χ4v) is 3.49. The van der Waals surface area contributed by atoms with E-state index in [2.05, 4.69) is 10.6 Å². The Bertz CT molecular complexity index is 352. The van der Waals surface area contributed by atoms with E-state index >= 15 is 0 Å². The van der Waals surface area contributed by atoms with Crippen molar-refractivity contribution < 1.29 is 9.59 Å². The van der Waals surface area contributed by atoms with Gasteiger partial charge in [-0.2, -0.15) is 0 Å². The van der Waals surface area contributed by atoms with Gasteiger partial charge in [0.2, 0.25) is 11.8 Å². The molecule has 3 saturated heterocycles. The fourth-order valence-electron chi connectivity index (χ4n) is 3.49. The average molecular weight is 288 g/mol. The molecule has 0 radical (unpaired) electrons. The minimum absolute atomic E-state index is 0. The van der Waals surface area contributed by atoms with E-state index in [1.807, 2.05) is 0 Å². The van der Waals surface area contributed by atoms with Crippen molar-refractivity contribution in [1.29, 1.82) is 0 Å². The number of carbonyl (C=O) groups excluding carboxylic acids is 2. The molecule has 3 heterocycles. The third-order valence-electron chi connectivity index (χ3n) is 4.34. The van der Waals surface area contributed by atoms with E-state index in [1.54, 1.807) is 4.90 Å². The van der Waals surface area contributed by atoms with Crippen LogP contribution in [0.3, 0.4) is 0 Å². The Morgan fingerprint density at radius 2 is 2.00 bits per heavy atom. The molecule has 0 aromatic heterocycles. The molecule has 5 nitrogen and oxygen atoms in total. The molecule has 108 valence electrons. The average Bonchev–Trinajstić information content (AvgIpc) is 2.86. The molecule has 3 aliphatic rings. The van der Waals surface area contributed by atoms with Crippen molar-refractivity contribution >= 4 is 24.2 Å². The molecule has 2 amide bonds. The Balaban J connectivity index is 0.00000133. The molecule has 0 aromatic carbocycles. The predicted octanol–water partition coefficient (Wildman–Crippen LogP) is 0.430. The SMILES string of the molecule is Cl.O=C(CN1CCCC1=O)NC1CC2CCC(C1)N2. The van der Waals surface area contributed by atoms with Crippen molar-refractivity contribution in [3.8, 4) is 0 Å². The van der Waals surface area contributed by atoms with Gasteiger partial charge < -0.3 is 15.5 Å². The summed E-state index contributed by atoms with van der Waals surface area (Å²) >= 11 is 0. The number of amides is 2. The van der Waals surface area contributed by atoms with Crippen molar-refractivity contribution in [2.75, 3.05) is 13.1 Å². The van der Waals surface area contributed by atoms with Crippen molar-refractivity contribution in [1.82, 2.24) is 15.5 Å². The van der Waals surface area contributed by atoms with Gasteiger partial charge in [0.1, 0.15) is 0 Å². The number of likely N-dealkylation sites (tertiary alicyclic amines) is 1. The van der Waals surface area contributed by atoms with E-state index in [1.165, 1.54) is 12.8 Å². The lowest BCUT2D eigenvalue weighted by atomic mass is 10.00. The second-order valence-electron chi connectivity index (χ2n) is 5.79. The zero-order chi connectivity index (χ0) is 12.5. The monoisotopic (exact) mass is 287 g/mol. The minimum Gasteiger partial charge on any atom is -0.352 e. The zero-order valence-electron chi connectivity index (χ0n) is 11.1. The number of rotatable bonds is 3. The Kier molecular flexibility index (Phi) is 4.68. The molecule has 2 atom stereocenters. The number of hydrogen-bond donors (Lipinski definition) is 2. The molecule has 2 unspecified atom stereocenters. The van der Waals surface area contributed by atoms with Crippen molar-refractivity contribution in [2.24, 2.45) is 0 Å². The molecule has 6 heteroatoms. The third kappa shape index (κ3) is 3.39. The Hall–Kier alpha value is -0.810. The maximum absolute atomic E-state index is 11.9. The van der Waals surface area contributed by atoms with E-state index < -0.39 is 0 Å². The summed E-state index contributed by atoms with van der Waals surface area (Å²) in [6.45, 7) is 0.988. The largest absolute Gasteiger partial charge is 0.352 e. The lowest BCUT2D eigenvalue weighted by Crippen LogP contribution is -2.50. The summed E-state index contributed by atoms with van der Waals surface area (Å²) in [6.07, 6.45) is 6.05. The number of piperidine rings is 1. The molecule has 0 aromatic rings. The zero-order valence-corrected chi connectivity index (χ0v) is 11.9. The molecule has 3 aliphatic heterocycles. The van der Waals surface area contributed by atoms with Crippen LogP contribution in [0.1, 0.15) is 38.5 Å². The van der Waals surface area contributed by atoms with Gasteiger partial charge in [0, 0.05) is 31.1 Å². The molecule has 3 fully saturated rings. The third-order valence-corrected chi connectivity index (χ3v) is 4.34. The van der Waals surface area contributed by atoms with Gasteiger partial charge in [-0.3, -0.25) is 9.59 Å². The van der Waals surface area contributed by atoms with Crippen LogP contribution in [0.25, 0.3) is 0 Å². The minimum atomic E-state index is 0. The van der Waals surface area contributed by atoms with Crippen molar-refractivity contribution in [2.45, 2.75) is 56.7 Å². The molecule has 0 saturated carbocycles. The normalized spacial score (nSPS) is 33.2. The fraction of sp³-hybridized carbons (Fsp3) is 0.846. The van der Waals surface area contributed by atoms with Crippen LogP contribution in [0.4, 0.5) is 0 Å². The first kappa shape index (κ1) is 14.6. The van der Waals surface area contributed by atoms with E-state index in [0.29, 0.717) is 24.5 Å². The maximum Gasteiger partial charge on any atom is 0.239 e. The van der Waals surface area contributed by atoms with Crippen LogP contribution in [0.15, 0.2) is 0 Å². The van der Waals surface area contributed by atoms with Crippen molar-refractivity contribution in [3.05, 3.63) is 0 Å². The highest BCUT2D eigenvalue weighted by Gasteiger charge is 2.34. The number of hydrogen-bond acceptors (Lipinski definition) is 3. The Morgan fingerprint density at radius 3 is 2.58 bits per heavy atom. The van der Waals surface area contributed by atoms with Gasteiger partial charge in [-0.05, 0) is 32.1 Å². The highest BCUT2D eigenvalue weighted by atomic mass is 35.5. The van der Waals surface area contributed by atoms with E-state index in [0.717, 1.165) is 25.8 Å². The topological polar surface area (TPSA) is 61.4 Å². The highest BCUT2D eigenvalue weighted by molar-refractivity contribution is 5.86. The lowest BCUT2D eigenvalue weighted by Gasteiger charge is -2.30. The van der Waals surface area contributed by atoms with Gasteiger partial charge in [-0.15, -0.1) is 12.4 Å². The molecule has 19 heavy (non-hydrogen) atoms. The van der Waals surface area contributed by atoms with Crippen molar-refractivity contribution in [3.63, 3.8) is 0 Å². The molecule has 0 spiro atoms. The number of nitrogens with zero attached hydrogens (tertiary/aromatic N) is 1. The summed E-state index contributed by atoms with van der Waals surface area (Å²) in [6, 6.07) is 1.47. The molecule has 0 aliphatic carbocycles. The second-order valence-corrected chi connectivity index (χ2v) is 5.79. The summed E-state index contributed by atoms with van der Waals surface area (Å²) in [4.78, 5) is 25.0. The van der Waals surface area contributed by atoms with Gasteiger partial charge in [0.05, 0.1) is 6.54 Å². The highest BCUT2D eigenvalue weighted by Crippen LogP contribution is 2.26. The van der Waals surface area contributed by atoms with Gasteiger partial charge in [0.25, 0.3) is 0 Å². The van der Waals surface area contributed by atoms with Crippen LogP contribution in [0.5, 0.6) is 0 Å². The standard InChI is InChI=1S/C13H21N3O2.ClH/c17-12(8-16-5-1-2-13(16)18)15-11-6-9-3-4-10(7-11)14-9;/h9-11,14H,1-8H2,(H,15,17);1H. The van der Waals surface area contributed by atoms with Crippen LogP contribution >= 0.6 is 12.4 Å². The Morgan fingerprint density at radius 1 is 1.32 bits per heavy atom. The quantitative estimate of drug-likeness (QED) is 0.791. The van der Waals surface area contributed by atoms with Gasteiger partial charge in [0.15, 0.2) is 0 Å². The summed E-state index contributed by atoms with van der Waals surface area (Å²) in [7, 11) is 0. The predicted molar refractivity (Wildman–Crippen MR) is 74.2 cm³/mol. The van der Waals surface area contributed by atoms with E-state index in [4.69, 9.17) is 0 Å². The number of halogens is 1. The summed E-state index contributed by atoms with van der Waals surface area (Å²) in [5.41, 5.74) is 0. The lowest BCUT2D eigenvalue weighted by molar-refractivity contribution is -0.133. The number of carbonyl (C=O) groups is 2. The first-order valence-electron chi connectivity index (χ1n) is 7.04. The first-order chi connectivity index (χ1) is 8.70. The van der Waals surface area contributed by atoms with Crippen LogP contribution < -0.4 is 10.6 Å². The molecular formula is C13H22ClN3O2. The Labute approximate surface area is 119 Å². The van der Waals surface area contributed by atoms with E-state index in [-0.39, 0.29) is 30.8 Å². The summed E-state index contributed by atoms with van der Waals surface area (Å²) in [5.74, 6) is 0.132. The van der Waals surface area contributed by atoms with Gasteiger partial charge in [-0.1, -0.05) is 0 Å². The van der Waals surface area contributed by atoms with Crippen LogP contribution in [0.2, 0.25) is 0 Å². The molecule has 2 N–H and O–H groups in total. The first-order valence-corrected chi connectivity index (χ1v) is 7.04. The van der Waals surface area contributed by atoms with Gasteiger partial charge >= 0.3 is 0 Å². The van der Waals surface area contributed by atoms with Crippen LogP contribution in [-0.2, 0) is 9.59 Å². The molecule has 3 rings (SSSR count). The summed E-state index contributed by atoms with van der Waals surface area (Å²) in [5, 5.41) is 6.65. The smallest absolute Gasteiger partial charge is 0.239 e. The number of fused-ring (bicyclic) bond motifs is 2. The number of nitrogens with one attached hydrogen (secondary N) is 2. The molecular weight excluding hydrogens is 266 g/mol. The van der Waals surface area contributed by atoms with Crippen LogP contribution in [-0.4, -0.2) is 47.9 Å². The maximum atomic E-state index is 11.9.